The molecule has 0 radical (unpaired) electrons. The topological polar surface area (TPSA) is 36.4 Å². The minimum Gasteiger partial charge on any atom is -0.356 e. The smallest absolute Gasteiger partial charge is 0.191 e. The Labute approximate surface area is 139 Å². The van der Waals surface area contributed by atoms with Gasteiger partial charge in [-0.2, -0.15) is 11.8 Å². The Kier molecular flexibility index (Phi) is 8.53. The maximum atomic E-state index is 4.30. The zero-order chi connectivity index (χ0) is 12.8. The molecule has 3 nitrogen and oxygen atoms in total. The first kappa shape index (κ1) is 17.4. The Bertz CT molecular complexity index is 280. The predicted molar refractivity (Wildman–Crippen MR) is 96.8 cm³/mol. The molecule has 0 heterocycles. The number of hydrogen-bond donors (Lipinski definition) is 2. The third kappa shape index (κ3) is 5.69. The van der Waals surface area contributed by atoms with Crippen molar-refractivity contribution in [1.82, 2.24) is 10.6 Å². The summed E-state index contributed by atoms with van der Waals surface area (Å²) >= 11 is 1.87. The Morgan fingerprint density at radius 3 is 2.63 bits per heavy atom. The fourth-order valence-electron chi connectivity index (χ4n) is 3.11. The lowest BCUT2D eigenvalue weighted by atomic mass is 9.85. The standard InChI is InChI=1S/C14H27N3S.HI/c1-15-14(16-8-9-18-2)17-13-10-12(13)11-6-4-3-5-7-11;/h11-13H,3-10H2,1-2H3,(H2,15,16,17);1H. The molecule has 0 bridgehead atoms. The molecule has 0 aliphatic heterocycles. The molecule has 2 aliphatic carbocycles. The number of halogens is 1. The van der Waals surface area contributed by atoms with E-state index in [9.17, 15) is 0 Å². The Morgan fingerprint density at radius 1 is 1.26 bits per heavy atom. The fourth-order valence-corrected chi connectivity index (χ4v) is 3.41. The number of guanidine groups is 1. The quantitative estimate of drug-likeness (QED) is 0.324. The minimum absolute atomic E-state index is 0. The van der Waals surface area contributed by atoms with Crippen molar-refractivity contribution in [3.05, 3.63) is 0 Å². The highest BCUT2D eigenvalue weighted by Crippen LogP contribution is 2.44. The van der Waals surface area contributed by atoms with Gasteiger partial charge in [-0.15, -0.1) is 24.0 Å². The first-order chi connectivity index (χ1) is 8.85. The van der Waals surface area contributed by atoms with Crippen LogP contribution in [0.4, 0.5) is 0 Å². The molecule has 0 spiro atoms. The third-order valence-electron chi connectivity index (χ3n) is 4.24. The van der Waals surface area contributed by atoms with Crippen molar-refractivity contribution in [3.63, 3.8) is 0 Å². The largest absolute Gasteiger partial charge is 0.356 e. The van der Waals surface area contributed by atoms with Crippen molar-refractivity contribution in [2.45, 2.75) is 44.6 Å². The molecule has 2 saturated carbocycles. The summed E-state index contributed by atoms with van der Waals surface area (Å²) in [6.07, 6.45) is 10.8. The number of thioether (sulfide) groups is 1. The van der Waals surface area contributed by atoms with Gasteiger partial charge in [0.2, 0.25) is 0 Å². The van der Waals surface area contributed by atoms with Crippen molar-refractivity contribution in [1.29, 1.82) is 0 Å². The average Bonchev–Trinajstić information content (AvgIpc) is 3.18. The van der Waals surface area contributed by atoms with Crippen LogP contribution in [0.25, 0.3) is 0 Å². The summed E-state index contributed by atoms with van der Waals surface area (Å²) in [6, 6.07) is 0.688. The van der Waals surface area contributed by atoms with Gasteiger partial charge in [-0.3, -0.25) is 4.99 Å². The van der Waals surface area contributed by atoms with Gasteiger partial charge in [0.1, 0.15) is 0 Å². The molecule has 2 atom stereocenters. The summed E-state index contributed by atoms with van der Waals surface area (Å²) < 4.78 is 0. The highest BCUT2D eigenvalue weighted by molar-refractivity contribution is 14.0. The summed E-state index contributed by atoms with van der Waals surface area (Å²) in [4.78, 5) is 4.30. The zero-order valence-electron chi connectivity index (χ0n) is 12.2. The summed E-state index contributed by atoms with van der Waals surface area (Å²) in [5.41, 5.74) is 0. The van der Waals surface area contributed by atoms with Crippen molar-refractivity contribution < 1.29 is 0 Å². The molecule has 0 saturated heterocycles. The Hall–Kier alpha value is 0.350. The van der Waals surface area contributed by atoms with Crippen molar-refractivity contribution in [2.24, 2.45) is 16.8 Å². The van der Waals surface area contributed by atoms with Crippen LogP contribution in [-0.2, 0) is 0 Å². The summed E-state index contributed by atoms with van der Waals surface area (Å²) in [7, 11) is 1.87. The number of rotatable bonds is 5. The van der Waals surface area contributed by atoms with Crippen molar-refractivity contribution in [2.75, 3.05) is 25.6 Å². The zero-order valence-corrected chi connectivity index (χ0v) is 15.3. The van der Waals surface area contributed by atoms with E-state index in [0.717, 1.165) is 30.1 Å². The van der Waals surface area contributed by atoms with Crippen LogP contribution in [0.5, 0.6) is 0 Å². The fraction of sp³-hybridized carbons (Fsp3) is 0.929. The van der Waals surface area contributed by atoms with Crippen LogP contribution >= 0.6 is 35.7 Å². The summed E-state index contributed by atoms with van der Waals surface area (Å²) in [5.74, 6) is 4.04. The van der Waals surface area contributed by atoms with Gasteiger partial charge < -0.3 is 10.6 Å². The third-order valence-corrected chi connectivity index (χ3v) is 4.85. The van der Waals surface area contributed by atoms with Crippen LogP contribution in [-0.4, -0.2) is 37.6 Å². The lowest BCUT2D eigenvalue weighted by Gasteiger charge is -2.22. The SMILES string of the molecule is CN=C(NCCSC)NC1CC1C1CCCCC1.I. The van der Waals surface area contributed by atoms with Crippen molar-refractivity contribution in [3.8, 4) is 0 Å². The molecule has 0 aromatic rings. The second-order valence-electron chi connectivity index (χ2n) is 5.54. The maximum Gasteiger partial charge on any atom is 0.191 e. The van der Waals surface area contributed by atoms with Crippen LogP contribution in [0.15, 0.2) is 4.99 Å². The summed E-state index contributed by atoms with van der Waals surface area (Å²) in [5, 5.41) is 6.96. The molecule has 0 aromatic carbocycles. The van der Waals surface area contributed by atoms with Crippen LogP contribution in [0, 0.1) is 11.8 Å². The van der Waals surface area contributed by atoms with E-state index in [-0.39, 0.29) is 24.0 Å². The second-order valence-corrected chi connectivity index (χ2v) is 6.53. The monoisotopic (exact) mass is 397 g/mol. The lowest BCUT2D eigenvalue weighted by Crippen LogP contribution is -2.40. The van der Waals surface area contributed by atoms with E-state index >= 15 is 0 Å². The summed E-state index contributed by atoms with van der Waals surface area (Å²) in [6.45, 7) is 1.00. The van der Waals surface area contributed by atoms with Crippen LogP contribution in [0.1, 0.15) is 38.5 Å². The van der Waals surface area contributed by atoms with Gasteiger partial charge in [0.05, 0.1) is 0 Å². The normalized spacial score (nSPS) is 27.6. The molecule has 5 heteroatoms. The minimum atomic E-state index is 0. The molecular formula is C14H28IN3S. The predicted octanol–water partition coefficient (Wildman–Crippen LogP) is 3.10. The number of hydrogen-bond acceptors (Lipinski definition) is 2. The van der Waals surface area contributed by atoms with E-state index < -0.39 is 0 Å². The highest BCUT2D eigenvalue weighted by Gasteiger charge is 2.43. The van der Waals surface area contributed by atoms with Gasteiger partial charge in [0.15, 0.2) is 5.96 Å². The van der Waals surface area contributed by atoms with Gasteiger partial charge in [-0.25, -0.2) is 0 Å². The molecule has 112 valence electrons. The van der Waals surface area contributed by atoms with E-state index in [2.05, 4.69) is 21.9 Å². The van der Waals surface area contributed by atoms with Gasteiger partial charge in [-0.1, -0.05) is 32.1 Å². The lowest BCUT2D eigenvalue weighted by molar-refractivity contribution is 0.315. The van der Waals surface area contributed by atoms with Gasteiger partial charge in [0.25, 0.3) is 0 Å². The number of nitrogens with one attached hydrogen (secondary N) is 2. The van der Waals surface area contributed by atoms with Gasteiger partial charge in [-0.05, 0) is 24.5 Å². The second kappa shape index (κ2) is 9.32. The van der Waals surface area contributed by atoms with Gasteiger partial charge in [0, 0.05) is 25.4 Å². The van der Waals surface area contributed by atoms with E-state index in [4.69, 9.17) is 0 Å². The maximum absolute atomic E-state index is 4.30. The van der Waals surface area contributed by atoms with Crippen molar-refractivity contribution >= 4 is 41.7 Å². The number of nitrogens with zero attached hydrogens (tertiary/aromatic N) is 1. The molecule has 0 aromatic heterocycles. The van der Waals surface area contributed by atoms with E-state index in [1.54, 1.807) is 0 Å². The van der Waals surface area contributed by atoms with E-state index in [1.165, 1.54) is 38.5 Å². The molecule has 0 amide bonds. The van der Waals surface area contributed by atoms with Crippen LogP contribution in [0.3, 0.4) is 0 Å². The average molecular weight is 397 g/mol. The highest BCUT2D eigenvalue weighted by atomic mass is 127. The first-order valence-corrected chi connectivity index (χ1v) is 8.70. The van der Waals surface area contributed by atoms with Crippen LogP contribution < -0.4 is 10.6 Å². The molecule has 2 rings (SSSR count). The molecule has 2 aliphatic rings. The Morgan fingerprint density at radius 2 is 2.00 bits per heavy atom. The van der Waals surface area contributed by atoms with E-state index in [0.29, 0.717) is 6.04 Å². The molecular weight excluding hydrogens is 369 g/mol. The molecule has 2 N–H and O–H groups in total. The Balaban J connectivity index is 0.00000180. The molecule has 19 heavy (non-hydrogen) atoms. The molecule has 2 fully saturated rings. The van der Waals surface area contributed by atoms with E-state index in [1.807, 2.05) is 18.8 Å². The number of aliphatic imine (C=N–C) groups is 1. The molecule has 2 unspecified atom stereocenters. The van der Waals surface area contributed by atoms with Crippen LogP contribution in [0.2, 0.25) is 0 Å². The van der Waals surface area contributed by atoms with Gasteiger partial charge >= 0.3 is 0 Å². The first-order valence-electron chi connectivity index (χ1n) is 7.31.